The van der Waals surface area contributed by atoms with Crippen molar-refractivity contribution in [3.8, 4) is 0 Å². The molecule has 0 aliphatic carbocycles. The van der Waals surface area contributed by atoms with Gasteiger partial charge in [-0.1, -0.05) is 6.92 Å². The fraction of sp³-hybridized carbons (Fsp3) is 0.143. The Kier molecular flexibility index (Phi) is 4.10. The van der Waals surface area contributed by atoms with Gasteiger partial charge in [-0.3, -0.25) is 9.78 Å². The molecule has 4 heteroatoms. The van der Waals surface area contributed by atoms with E-state index in [1.165, 1.54) is 12.3 Å². The van der Waals surface area contributed by atoms with Crippen LogP contribution in [0.25, 0.3) is 0 Å². The first-order chi connectivity index (χ1) is 8.70. The van der Waals surface area contributed by atoms with E-state index in [4.69, 9.17) is 0 Å². The predicted octanol–water partition coefficient (Wildman–Crippen LogP) is 3.56. The number of aromatic nitrogens is 1. The maximum Gasteiger partial charge on any atom is 0.194 e. The maximum absolute atomic E-state index is 13.0. The highest BCUT2D eigenvalue weighted by Crippen LogP contribution is 2.19. The van der Waals surface area contributed by atoms with Gasteiger partial charge < -0.3 is 0 Å². The first-order valence-electron chi connectivity index (χ1n) is 5.59. The predicted molar refractivity (Wildman–Crippen MR) is 70.5 cm³/mol. The molecule has 0 aliphatic heterocycles. The molecule has 1 aromatic heterocycles. The van der Waals surface area contributed by atoms with Crippen LogP contribution in [0.1, 0.15) is 22.8 Å². The van der Waals surface area contributed by atoms with Crippen molar-refractivity contribution in [3.05, 3.63) is 59.7 Å². The Morgan fingerprint density at radius 1 is 1.22 bits per heavy atom. The number of halogens is 1. The summed E-state index contributed by atoms with van der Waals surface area (Å²) in [5.41, 5.74) is 0.814. The molecule has 0 bridgehead atoms. The summed E-state index contributed by atoms with van der Waals surface area (Å²) in [5, 5.41) is 0. The van der Waals surface area contributed by atoms with Crippen LogP contribution in [0, 0.1) is 5.82 Å². The smallest absolute Gasteiger partial charge is 0.194 e. The number of carbonyl (C=O) groups excluding carboxylic acids is 1. The molecule has 1 aromatic carbocycles. The summed E-state index contributed by atoms with van der Waals surface area (Å²) >= 11 is 1.71. The van der Waals surface area contributed by atoms with E-state index in [0.717, 1.165) is 16.8 Å². The van der Waals surface area contributed by atoms with Crippen molar-refractivity contribution in [2.75, 3.05) is 5.75 Å². The van der Waals surface area contributed by atoms with Gasteiger partial charge in [-0.25, -0.2) is 4.39 Å². The van der Waals surface area contributed by atoms with E-state index in [1.54, 1.807) is 23.9 Å². The third kappa shape index (κ3) is 2.96. The molecule has 0 unspecified atom stereocenters. The van der Waals surface area contributed by atoms with E-state index in [0.29, 0.717) is 5.56 Å². The standard InChI is InChI=1S/C14H12FNOS/c1-2-18-13-5-3-10(4-6-13)14(17)11-7-12(15)9-16-8-11/h3-9H,2H2,1H3. The quantitative estimate of drug-likeness (QED) is 0.622. The number of pyridine rings is 1. The van der Waals surface area contributed by atoms with Crippen molar-refractivity contribution >= 4 is 17.5 Å². The Labute approximate surface area is 109 Å². The van der Waals surface area contributed by atoms with Crippen molar-refractivity contribution in [1.82, 2.24) is 4.98 Å². The van der Waals surface area contributed by atoms with Gasteiger partial charge in [-0.05, 0) is 36.1 Å². The molecule has 0 radical (unpaired) electrons. The highest BCUT2D eigenvalue weighted by molar-refractivity contribution is 7.99. The summed E-state index contributed by atoms with van der Waals surface area (Å²) in [4.78, 5) is 16.8. The number of carbonyl (C=O) groups is 1. The minimum Gasteiger partial charge on any atom is -0.289 e. The van der Waals surface area contributed by atoms with E-state index >= 15 is 0 Å². The molecule has 0 fully saturated rings. The Morgan fingerprint density at radius 3 is 2.56 bits per heavy atom. The molecule has 2 aromatic rings. The van der Waals surface area contributed by atoms with Crippen LogP contribution in [0.15, 0.2) is 47.6 Å². The lowest BCUT2D eigenvalue weighted by atomic mass is 10.1. The zero-order chi connectivity index (χ0) is 13.0. The van der Waals surface area contributed by atoms with E-state index in [9.17, 15) is 9.18 Å². The molecular formula is C14H12FNOS. The molecule has 18 heavy (non-hydrogen) atoms. The van der Waals surface area contributed by atoms with Crippen LogP contribution in [0.3, 0.4) is 0 Å². The van der Waals surface area contributed by atoms with Crippen molar-refractivity contribution in [2.24, 2.45) is 0 Å². The number of rotatable bonds is 4. The lowest BCUT2D eigenvalue weighted by molar-refractivity contribution is 0.103. The lowest BCUT2D eigenvalue weighted by Gasteiger charge is -2.02. The van der Waals surface area contributed by atoms with Gasteiger partial charge in [0.15, 0.2) is 5.78 Å². The van der Waals surface area contributed by atoms with Crippen molar-refractivity contribution < 1.29 is 9.18 Å². The van der Waals surface area contributed by atoms with Crippen LogP contribution in [0.5, 0.6) is 0 Å². The van der Waals surface area contributed by atoms with E-state index in [-0.39, 0.29) is 11.3 Å². The molecule has 2 nitrogen and oxygen atoms in total. The molecule has 0 saturated heterocycles. The van der Waals surface area contributed by atoms with E-state index in [1.807, 2.05) is 12.1 Å². The lowest BCUT2D eigenvalue weighted by Crippen LogP contribution is -2.02. The molecule has 0 atom stereocenters. The number of hydrogen-bond donors (Lipinski definition) is 0. The molecule has 1 heterocycles. The van der Waals surface area contributed by atoms with E-state index < -0.39 is 5.82 Å². The number of nitrogens with zero attached hydrogens (tertiary/aromatic N) is 1. The first-order valence-corrected chi connectivity index (χ1v) is 6.57. The summed E-state index contributed by atoms with van der Waals surface area (Å²) in [6.45, 7) is 2.07. The summed E-state index contributed by atoms with van der Waals surface area (Å²) < 4.78 is 13.0. The van der Waals surface area contributed by atoms with Crippen molar-refractivity contribution in [2.45, 2.75) is 11.8 Å². The SMILES string of the molecule is CCSc1ccc(C(=O)c2cncc(F)c2)cc1. The van der Waals surface area contributed by atoms with Crippen LogP contribution in [0.4, 0.5) is 4.39 Å². The molecule has 0 amide bonds. The normalized spacial score (nSPS) is 10.3. The molecule has 0 aliphatic rings. The number of benzene rings is 1. The second-order valence-electron chi connectivity index (χ2n) is 3.68. The van der Waals surface area contributed by atoms with Gasteiger partial charge >= 0.3 is 0 Å². The van der Waals surface area contributed by atoms with Gasteiger partial charge in [0.05, 0.1) is 6.20 Å². The largest absolute Gasteiger partial charge is 0.289 e. The summed E-state index contributed by atoms with van der Waals surface area (Å²) in [6.07, 6.45) is 2.46. The van der Waals surface area contributed by atoms with Crippen LogP contribution < -0.4 is 0 Å². The Balaban J connectivity index is 2.23. The maximum atomic E-state index is 13.0. The Bertz CT molecular complexity index is 554. The third-order valence-electron chi connectivity index (χ3n) is 2.39. The fourth-order valence-corrected chi connectivity index (χ4v) is 2.23. The molecule has 92 valence electrons. The van der Waals surface area contributed by atoms with Crippen LogP contribution in [-0.4, -0.2) is 16.5 Å². The highest BCUT2D eigenvalue weighted by Gasteiger charge is 2.10. The van der Waals surface area contributed by atoms with Gasteiger partial charge in [-0.15, -0.1) is 11.8 Å². The Hall–Kier alpha value is -1.68. The van der Waals surface area contributed by atoms with Gasteiger partial charge in [-0.2, -0.15) is 0 Å². The zero-order valence-electron chi connectivity index (χ0n) is 9.89. The van der Waals surface area contributed by atoms with Gasteiger partial charge in [0, 0.05) is 22.2 Å². The monoisotopic (exact) mass is 261 g/mol. The molecule has 2 rings (SSSR count). The fourth-order valence-electron chi connectivity index (χ4n) is 1.57. The van der Waals surface area contributed by atoms with Crippen LogP contribution in [-0.2, 0) is 0 Å². The van der Waals surface area contributed by atoms with Crippen molar-refractivity contribution in [3.63, 3.8) is 0 Å². The number of hydrogen-bond acceptors (Lipinski definition) is 3. The summed E-state index contributed by atoms with van der Waals surface area (Å²) in [6, 6.07) is 8.50. The number of ketones is 1. The minimum absolute atomic E-state index is 0.213. The summed E-state index contributed by atoms with van der Waals surface area (Å²) in [7, 11) is 0. The Morgan fingerprint density at radius 2 is 1.94 bits per heavy atom. The summed E-state index contributed by atoms with van der Waals surface area (Å²) in [5.74, 6) is 0.273. The topological polar surface area (TPSA) is 30.0 Å². The third-order valence-corrected chi connectivity index (χ3v) is 3.29. The van der Waals surface area contributed by atoms with Crippen LogP contribution in [0.2, 0.25) is 0 Å². The molecular weight excluding hydrogens is 249 g/mol. The molecule has 0 N–H and O–H groups in total. The minimum atomic E-state index is -0.501. The van der Waals surface area contributed by atoms with Crippen molar-refractivity contribution in [1.29, 1.82) is 0 Å². The second kappa shape index (κ2) is 5.78. The van der Waals surface area contributed by atoms with Crippen LogP contribution >= 0.6 is 11.8 Å². The van der Waals surface area contributed by atoms with E-state index in [2.05, 4.69) is 11.9 Å². The average Bonchev–Trinajstić information content (AvgIpc) is 2.39. The average molecular weight is 261 g/mol. The zero-order valence-corrected chi connectivity index (χ0v) is 10.7. The van der Waals surface area contributed by atoms with Gasteiger partial charge in [0.2, 0.25) is 0 Å². The molecule has 0 spiro atoms. The second-order valence-corrected chi connectivity index (χ2v) is 5.02. The van der Waals surface area contributed by atoms with Gasteiger partial charge in [0.25, 0.3) is 0 Å². The number of thioether (sulfide) groups is 1. The molecule has 0 saturated carbocycles. The first kappa shape index (κ1) is 12.8. The van der Waals surface area contributed by atoms with Gasteiger partial charge in [0.1, 0.15) is 5.82 Å². The highest BCUT2D eigenvalue weighted by atomic mass is 32.2.